The number of nitrogens with zero attached hydrogens (tertiary/aromatic N) is 1. The number of hydrogen-bond donors (Lipinski definition) is 3. The normalized spacial score (nSPS) is 11.1. The Hall–Kier alpha value is -3.71. The first-order valence-electron chi connectivity index (χ1n) is 11.2. The van der Waals surface area contributed by atoms with Crippen LogP contribution in [0.2, 0.25) is 0 Å². The molecule has 6 nitrogen and oxygen atoms in total. The molecule has 0 unspecified atom stereocenters. The van der Waals surface area contributed by atoms with Gasteiger partial charge in [-0.25, -0.2) is 4.98 Å². The van der Waals surface area contributed by atoms with E-state index in [0.717, 1.165) is 23.1 Å². The van der Waals surface area contributed by atoms with Crippen molar-refractivity contribution in [3.8, 4) is 17.2 Å². The number of aromatic nitrogens is 1. The van der Waals surface area contributed by atoms with E-state index < -0.39 is 0 Å². The highest BCUT2D eigenvalue weighted by atomic mass is 32.1. The first-order chi connectivity index (χ1) is 16.2. The molecule has 0 atom stereocenters. The van der Waals surface area contributed by atoms with Crippen molar-refractivity contribution >= 4 is 40.0 Å². The highest BCUT2D eigenvalue weighted by Gasteiger charge is 2.17. The fraction of sp³-hybridized carbons (Fsp3) is 0.222. The van der Waals surface area contributed by atoms with Gasteiger partial charge in [0.2, 0.25) is 5.89 Å². The van der Waals surface area contributed by atoms with E-state index in [9.17, 15) is 9.90 Å². The van der Waals surface area contributed by atoms with E-state index in [4.69, 9.17) is 16.6 Å². The van der Waals surface area contributed by atoms with Crippen molar-refractivity contribution in [2.45, 2.75) is 40.0 Å². The molecule has 0 aliphatic carbocycles. The third-order valence-electron chi connectivity index (χ3n) is 5.72. The molecule has 1 heterocycles. The molecule has 0 spiro atoms. The quantitative estimate of drug-likeness (QED) is 0.232. The van der Waals surface area contributed by atoms with Crippen LogP contribution in [-0.4, -0.2) is 21.1 Å². The monoisotopic (exact) mass is 473 g/mol. The van der Waals surface area contributed by atoms with Gasteiger partial charge in [-0.05, 0) is 84.6 Å². The molecule has 4 rings (SSSR count). The van der Waals surface area contributed by atoms with Crippen LogP contribution in [0.3, 0.4) is 0 Å². The van der Waals surface area contributed by atoms with Crippen LogP contribution in [0.4, 0.5) is 5.69 Å². The average Bonchev–Trinajstić information content (AvgIpc) is 3.24. The summed E-state index contributed by atoms with van der Waals surface area (Å²) in [4.78, 5) is 17.1. The van der Waals surface area contributed by atoms with Gasteiger partial charge < -0.3 is 14.8 Å². The van der Waals surface area contributed by atoms with E-state index in [1.807, 2.05) is 30.3 Å². The molecule has 0 fully saturated rings. The second-order valence-corrected chi connectivity index (χ2v) is 8.96. The van der Waals surface area contributed by atoms with E-state index in [0.29, 0.717) is 39.8 Å². The number of phenolic OH excluding ortho intramolecular Hbond substituents is 1. The molecule has 0 bridgehead atoms. The molecule has 4 aromatic rings. The second-order valence-electron chi connectivity index (χ2n) is 8.55. The molecule has 1 amide bonds. The van der Waals surface area contributed by atoms with E-state index in [1.165, 1.54) is 0 Å². The number of carbonyl (C=O) groups excluding carboxylic acids is 1. The number of oxazole rings is 1. The topological polar surface area (TPSA) is 87.4 Å². The van der Waals surface area contributed by atoms with E-state index in [-0.39, 0.29) is 16.8 Å². The lowest BCUT2D eigenvalue weighted by Gasteiger charge is -2.13. The van der Waals surface area contributed by atoms with Crippen LogP contribution >= 0.6 is 12.2 Å². The van der Waals surface area contributed by atoms with Crippen molar-refractivity contribution in [3.63, 3.8) is 0 Å². The molecule has 34 heavy (non-hydrogen) atoms. The molecule has 0 radical (unpaired) electrons. The molecule has 3 N–H and O–H groups in total. The maximum atomic E-state index is 12.6. The molecule has 0 aliphatic rings. The molecule has 0 saturated heterocycles. The summed E-state index contributed by atoms with van der Waals surface area (Å²) in [5, 5.41) is 16.5. The summed E-state index contributed by atoms with van der Waals surface area (Å²) in [7, 11) is 0. The van der Waals surface area contributed by atoms with E-state index in [1.54, 1.807) is 31.2 Å². The van der Waals surface area contributed by atoms with Gasteiger partial charge in [0.1, 0.15) is 11.3 Å². The number of aromatic hydroxyl groups is 1. The lowest BCUT2D eigenvalue weighted by Crippen LogP contribution is -2.34. The fourth-order valence-corrected chi connectivity index (χ4v) is 3.89. The maximum Gasteiger partial charge on any atom is 0.257 e. The zero-order valence-corrected chi connectivity index (χ0v) is 20.4. The average molecular weight is 474 g/mol. The minimum absolute atomic E-state index is 0.0769. The van der Waals surface area contributed by atoms with E-state index >= 15 is 0 Å². The van der Waals surface area contributed by atoms with Gasteiger partial charge in [0.25, 0.3) is 5.91 Å². The molecule has 1 aromatic heterocycles. The summed E-state index contributed by atoms with van der Waals surface area (Å²) >= 11 is 5.35. The summed E-state index contributed by atoms with van der Waals surface area (Å²) in [5.74, 6) is 0.483. The maximum absolute atomic E-state index is 12.6. The molecule has 3 aromatic carbocycles. The van der Waals surface area contributed by atoms with Gasteiger partial charge in [0.05, 0.1) is 5.56 Å². The smallest absolute Gasteiger partial charge is 0.257 e. The van der Waals surface area contributed by atoms with Crippen LogP contribution in [0.1, 0.15) is 53.7 Å². The summed E-state index contributed by atoms with van der Waals surface area (Å²) in [6.45, 7) is 8.06. The van der Waals surface area contributed by atoms with Gasteiger partial charge in [-0.1, -0.05) is 39.0 Å². The van der Waals surface area contributed by atoms with Crippen LogP contribution in [-0.2, 0) is 6.42 Å². The first-order valence-corrected chi connectivity index (χ1v) is 11.6. The van der Waals surface area contributed by atoms with Gasteiger partial charge in [-0.15, -0.1) is 0 Å². The van der Waals surface area contributed by atoms with Crippen LogP contribution in [0, 0.1) is 6.92 Å². The SMILES string of the molecule is CCc1ccc2oc(-c3cc(NC(=S)NC(=O)c4ccc(C(C)C)cc4)cc(C)c3O)nc2c1. The third kappa shape index (κ3) is 4.94. The van der Waals surface area contributed by atoms with Gasteiger partial charge in [-0.3, -0.25) is 10.1 Å². The number of rotatable bonds is 5. The summed E-state index contributed by atoms with van der Waals surface area (Å²) in [6.07, 6.45) is 0.896. The van der Waals surface area contributed by atoms with Gasteiger partial charge in [-0.2, -0.15) is 0 Å². The van der Waals surface area contributed by atoms with Crippen molar-refractivity contribution in [3.05, 3.63) is 76.9 Å². The van der Waals surface area contributed by atoms with Crippen LogP contribution in [0.25, 0.3) is 22.6 Å². The zero-order chi connectivity index (χ0) is 24.4. The summed E-state index contributed by atoms with van der Waals surface area (Å²) in [6, 6.07) is 16.8. The minimum atomic E-state index is -0.297. The second kappa shape index (κ2) is 9.65. The van der Waals surface area contributed by atoms with Gasteiger partial charge in [0, 0.05) is 11.3 Å². The van der Waals surface area contributed by atoms with Crippen molar-refractivity contribution in [2.24, 2.45) is 0 Å². The van der Waals surface area contributed by atoms with Crippen LogP contribution < -0.4 is 10.6 Å². The Kier molecular flexibility index (Phi) is 6.65. The number of hydrogen-bond acceptors (Lipinski definition) is 5. The highest BCUT2D eigenvalue weighted by Crippen LogP contribution is 2.36. The molecule has 174 valence electrons. The predicted octanol–water partition coefficient (Wildman–Crippen LogP) is 6.32. The molecule has 0 aliphatic heterocycles. The molecular formula is C27H27N3O3S. The van der Waals surface area contributed by atoms with Gasteiger partial charge >= 0.3 is 0 Å². The molecular weight excluding hydrogens is 446 g/mol. The van der Waals surface area contributed by atoms with Crippen molar-refractivity contribution in [2.75, 3.05) is 5.32 Å². The van der Waals surface area contributed by atoms with Crippen LogP contribution in [0.15, 0.2) is 59.0 Å². The minimum Gasteiger partial charge on any atom is -0.507 e. The Morgan fingerprint density at radius 3 is 2.53 bits per heavy atom. The Morgan fingerprint density at radius 2 is 1.85 bits per heavy atom. The van der Waals surface area contributed by atoms with Crippen molar-refractivity contribution < 1.29 is 14.3 Å². The predicted molar refractivity (Wildman–Crippen MR) is 139 cm³/mol. The van der Waals surface area contributed by atoms with Crippen molar-refractivity contribution in [1.29, 1.82) is 0 Å². The summed E-state index contributed by atoms with van der Waals surface area (Å²) < 4.78 is 5.90. The number of amides is 1. The van der Waals surface area contributed by atoms with Crippen molar-refractivity contribution in [1.82, 2.24) is 10.3 Å². The number of carbonyl (C=O) groups is 1. The standard InChI is InChI=1S/C27H27N3O3S/c1-5-17-6-11-23-22(13-17)29-26(33-23)21-14-20(12-16(4)24(21)31)28-27(34)30-25(32)19-9-7-18(8-10-19)15(2)3/h6-15,31H,5H2,1-4H3,(H2,28,30,32,34). The number of thiocarbonyl (C=S) groups is 1. The fourth-order valence-electron chi connectivity index (χ4n) is 3.68. The molecule has 0 saturated carbocycles. The molecule has 7 heteroatoms. The Morgan fingerprint density at radius 1 is 1.12 bits per heavy atom. The first kappa shape index (κ1) is 23.4. The Bertz CT molecular complexity index is 1370. The summed E-state index contributed by atoms with van der Waals surface area (Å²) in [5.41, 5.74) is 5.88. The number of benzene rings is 3. The van der Waals surface area contributed by atoms with Gasteiger partial charge in [0.15, 0.2) is 10.7 Å². The highest BCUT2D eigenvalue weighted by molar-refractivity contribution is 7.80. The lowest BCUT2D eigenvalue weighted by atomic mass is 10.0. The Balaban J connectivity index is 1.54. The van der Waals surface area contributed by atoms with Crippen LogP contribution in [0.5, 0.6) is 5.75 Å². The number of aryl methyl sites for hydroxylation is 2. The number of anilines is 1. The number of phenols is 1. The largest absolute Gasteiger partial charge is 0.507 e. The third-order valence-corrected chi connectivity index (χ3v) is 5.92. The zero-order valence-electron chi connectivity index (χ0n) is 19.6. The lowest BCUT2D eigenvalue weighted by molar-refractivity contribution is 0.0977. The number of fused-ring (bicyclic) bond motifs is 1. The number of nitrogens with one attached hydrogen (secondary N) is 2. The van der Waals surface area contributed by atoms with E-state index in [2.05, 4.69) is 36.4 Å². The Labute approximate surface area is 204 Å².